The molecule has 0 saturated heterocycles. The van der Waals surface area contributed by atoms with E-state index in [0.717, 1.165) is 27.8 Å². The average Bonchev–Trinajstić information content (AvgIpc) is 3.01. The minimum absolute atomic E-state index is 0.250. The highest BCUT2D eigenvalue weighted by Gasteiger charge is 2.27. The molecule has 4 rings (SSSR count). The van der Waals surface area contributed by atoms with E-state index in [1.807, 2.05) is 25.1 Å². The molecule has 2 aromatic heterocycles. The zero-order valence-electron chi connectivity index (χ0n) is 14.1. The van der Waals surface area contributed by atoms with E-state index in [1.165, 1.54) is 0 Å². The molecule has 0 N–H and O–H groups in total. The van der Waals surface area contributed by atoms with Crippen LogP contribution >= 0.6 is 34.5 Å². The van der Waals surface area contributed by atoms with E-state index in [4.69, 9.17) is 23.2 Å². The molecule has 0 amide bonds. The Bertz CT molecular complexity index is 1260. The third-order valence-corrected chi connectivity index (χ3v) is 8.00. The number of fused-ring (bicyclic) bond motifs is 1. The lowest BCUT2D eigenvalue weighted by Gasteiger charge is -2.08. The van der Waals surface area contributed by atoms with Gasteiger partial charge in [-0.05, 0) is 54.4 Å². The number of benzene rings is 2. The van der Waals surface area contributed by atoms with Gasteiger partial charge in [0, 0.05) is 16.0 Å². The van der Waals surface area contributed by atoms with Gasteiger partial charge >= 0.3 is 0 Å². The molecule has 136 valence electrons. The number of aromatic nitrogens is 1. The van der Waals surface area contributed by atoms with Crippen LogP contribution in [0.15, 0.2) is 69.8 Å². The minimum atomic E-state index is -3.72. The Morgan fingerprint density at radius 3 is 2.41 bits per heavy atom. The number of aryl methyl sites for hydroxylation is 1. The topological polar surface area (TPSA) is 47.0 Å². The van der Waals surface area contributed by atoms with Crippen molar-refractivity contribution in [3.05, 3.63) is 76.4 Å². The largest absolute Gasteiger partial charge is 0.225 e. The number of sulfone groups is 1. The second kappa shape index (κ2) is 6.91. The van der Waals surface area contributed by atoms with Gasteiger partial charge in [0.1, 0.15) is 14.2 Å². The zero-order valence-corrected chi connectivity index (χ0v) is 17.3. The number of pyridine rings is 1. The first-order valence-corrected chi connectivity index (χ1v) is 11.1. The van der Waals surface area contributed by atoms with Crippen molar-refractivity contribution in [2.24, 2.45) is 0 Å². The van der Waals surface area contributed by atoms with Gasteiger partial charge in [-0.3, -0.25) is 0 Å². The van der Waals surface area contributed by atoms with Crippen molar-refractivity contribution in [1.29, 1.82) is 0 Å². The van der Waals surface area contributed by atoms with Crippen molar-refractivity contribution in [2.45, 2.75) is 16.0 Å². The molecule has 27 heavy (non-hydrogen) atoms. The predicted octanol–water partition coefficient (Wildman–Crippen LogP) is 6.41. The predicted molar refractivity (Wildman–Crippen MR) is 112 cm³/mol. The summed E-state index contributed by atoms with van der Waals surface area (Å²) < 4.78 is 27.1. The molecule has 2 aromatic carbocycles. The molecule has 0 unspecified atom stereocenters. The van der Waals surface area contributed by atoms with Gasteiger partial charge in [-0.1, -0.05) is 47.5 Å². The van der Waals surface area contributed by atoms with Crippen molar-refractivity contribution in [3.8, 4) is 11.1 Å². The van der Waals surface area contributed by atoms with Crippen molar-refractivity contribution >= 4 is 54.6 Å². The standard InChI is InChI=1S/C20H13Cl2NO2S2/c1-12-3-2-4-15(11-12)27(24,25)20-18(13-5-7-14(21)8-6-13)16-9-10-17(22)23-19(16)26-20/h2-11H,1H3. The van der Waals surface area contributed by atoms with Crippen LogP contribution in [0, 0.1) is 6.92 Å². The summed E-state index contributed by atoms with van der Waals surface area (Å²) in [5.41, 5.74) is 2.27. The van der Waals surface area contributed by atoms with Crippen LogP contribution in [0.25, 0.3) is 21.3 Å². The van der Waals surface area contributed by atoms with Crippen LogP contribution < -0.4 is 0 Å². The van der Waals surface area contributed by atoms with Crippen molar-refractivity contribution < 1.29 is 8.42 Å². The lowest BCUT2D eigenvalue weighted by Crippen LogP contribution is -2.01. The zero-order chi connectivity index (χ0) is 19.2. The summed E-state index contributed by atoms with van der Waals surface area (Å²) in [6.45, 7) is 1.87. The highest BCUT2D eigenvalue weighted by atomic mass is 35.5. The molecular formula is C20H13Cl2NO2S2. The lowest BCUT2D eigenvalue weighted by atomic mass is 10.1. The molecule has 0 bridgehead atoms. The van der Waals surface area contributed by atoms with Gasteiger partial charge in [0.05, 0.1) is 4.90 Å². The van der Waals surface area contributed by atoms with Crippen molar-refractivity contribution in [1.82, 2.24) is 4.98 Å². The monoisotopic (exact) mass is 433 g/mol. The van der Waals surface area contributed by atoms with Gasteiger partial charge in [0.2, 0.25) is 9.84 Å². The van der Waals surface area contributed by atoms with E-state index in [1.54, 1.807) is 42.5 Å². The lowest BCUT2D eigenvalue weighted by molar-refractivity contribution is 0.598. The van der Waals surface area contributed by atoms with Gasteiger partial charge in [-0.15, -0.1) is 11.3 Å². The van der Waals surface area contributed by atoms with Gasteiger partial charge in [0.25, 0.3) is 0 Å². The van der Waals surface area contributed by atoms with E-state index in [9.17, 15) is 8.42 Å². The fourth-order valence-electron chi connectivity index (χ4n) is 2.90. The Labute approximate surface area is 171 Å². The van der Waals surface area contributed by atoms with Crippen LogP contribution in [-0.2, 0) is 9.84 Å². The van der Waals surface area contributed by atoms with Gasteiger partial charge in [-0.2, -0.15) is 0 Å². The molecule has 0 aliphatic heterocycles. The molecule has 7 heteroatoms. The summed E-state index contributed by atoms with van der Waals surface area (Å²) in [7, 11) is -3.72. The molecule has 0 spiro atoms. The summed E-state index contributed by atoms with van der Waals surface area (Å²) in [5, 5.41) is 1.66. The van der Waals surface area contributed by atoms with E-state index in [-0.39, 0.29) is 9.10 Å². The summed E-state index contributed by atoms with van der Waals surface area (Å²) >= 11 is 13.2. The smallest absolute Gasteiger partial charge is 0.216 e. The molecule has 2 heterocycles. The SMILES string of the molecule is Cc1cccc(S(=O)(=O)c2sc3nc(Cl)ccc3c2-c2ccc(Cl)cc2)c1. The Kier molecular flexibility index (Phi) is 4.72. The number of thiophene rings is 1. The molecule has 0 saturated carbocycles. The van der Waals surface area contributed by atoms with Gasteiger partial charge in [0.15, 0.2) is 0 Å². The molecular weight excluding hydrogens is 421 g/mol. The quantitative estimate of drug-likeness (QED) is 0.350. The first-order valence-electron chi connectivity index (χ1n) is 8.03. The van der Waals surface area contributed by atoms with Crippen LogP contribution in [0.2, 0.25) is 10.2 Å². The molecule has 0 atom stereocenters. The number of hydrogen-bond donors (Lipinski definition) is 0. The third-order valence-electron chi connectivity index (χ3n) is 4.17. The minimum Gasteiger partial charge on any atom is -0.225 e. The highest BCUT2D eigenvalue weighted by Crippen LogP contribution is 2.43. The Hall–Kier alpha value is -1.92. The highest BCUT2D eigenvalue weighted by molar-refractivity contribution is 7.93. The maximum Gasteiger partial charge on any atom is 0.216 e. The van der Waals surface area contributed by atoms with E-state index in [0.29, 0.717) is 20.6 Å². The van der Waals surface area contributed by atoms with Crippen molar-refractivity contribution in [3.63, 3.8) is 0 Å². The summed E-state index contributed by atoms with van der Waals surface area (Å²) in [5.74, 6) is 0. The number of halogens is 2. The van der Waals surface area contributed by atoms with Crippen LogP contribution in [-0.4, -0.2) is 13.4 Å². The fraction of sp³-hybridized carbons (Fsp3) is 0.0500. The summed E-state index contributed by atoms with van der Waals surface area (Å²) in [6, 6.07) is 17.5. The second-order valence-electron chi connectivity index (χ2n) is 6.08. The maximum absolute atomic E-state index is 13.4. The van der Waals surface area contributed by atoms with E-state index < -0.39 is 9.84 Å². The van der Waals surface area contributed by atoms with Gasteiger partial charge < -0.3 is 0 Å². The second-order valence-corrected chi connectivity index (χ2v) is 10.0. The number of rotatable bonds is 3. The summed E-state index contributed by atoms with van der Waals surface area (Å²) in [6.07, 6.45) is 0. The molecule has 0 aliphatic rings. The first kappa shape index (κ1) is 18.4. The summed E-state index contributed by atoms with van der Waals surface area (Å²) in [4.78, 5) is 5.16. The maximum atomic E-state index is 13.4. The van der Waals surface area contributed by atoms with E-state index >= 15 is 0 Å². The molecule has 0 radical (unpaired) electrons. The normalized spacial score (nSPS) is 11.8. The third kappa shape index (κ3) is 3.36. The number of hydrogen-bond acceptors (Lipinski definition) is 4. The molecule has 3 nitrogen and oxygen atoms in total. The molecule has 0 aliphatic carbocycles. The van der Waals surface area contributed by atoms with Crippen LogP contribution in [0.3, 0.4) is 0 Å². The fourth-order valence-corrected chi connectivity index (χ4v) is 6.43. The van der Waals surface area contributed by atoms with Crippen LogP contribution in [0.5, 0.6) is 0 Å². The van der Waals surface area contributed by atoms with Gasteiger partial charge in [-0.25, -0.2) is 13.4 Å². The molecule has 0 fully saturated rings. The average molecular weight is 434 g/mol. The Morgan fingerprint density at radius 1 is 0.963 bits per heavy atom. The Balaban J connectivity index is 2.05. The van der Waals surface area contributed by atoms with Crippen LogP contribution in [0.4, 0.5) is 0 Å². The van der Waals surface area contributed by atoms with E-state index in [2.05, 4.69) is 4.98 Å². The number of nitrogens with zero attached hydrogens (tertiary/aromatic N) is 1. The first-order chi connectivity index (χ1) is 12.9. The van der Waals surface area contributed by atoms with Crippen molar-refractivity contribution in [2.75, 3.05) is 0 Å². The molecule has 4 aromatic rings. The Morgan fingerprint density at radius 2 is 1.70 bits per heavy atom. The van der Waals surface area contributed by atoms with Crippen LogP contribution in [0.1, 0.15) is 5.56 Å².